The van der Waals surface area contributed by atoms with Crippen LogP contribution in [0.4, 0.5) is 8.78 Å². The number of rotatable bonds is 3. The first-order valence-corrected chi connectivity index (χ1v) is 11.7. The Morgan fingerprint density at radius 1 is 0.909 bits per heavy atom. The molecule has 4 heterocycles. The van der Waals surface area contributed by atoms with Gasteiger partial charge in [0.25, 0.3) is 5.69 Å². The highest BCUT2D eigenvalue weighted by Crippen LogP contribution is 2.38. The van der Waals surface area contributed by atoms with Crippen LogP contribution in [-0.4, -0.2) is 24.4 Å². The molecule has 0 bridgehead atoms. The molecule has 0 aliphatic carbocycles. The van der Waals surface area contributed by atoms with E-state index in [9.17, 15) is 8.78 Å². The van der Waals surface area contributed by atoms with Crippen molar-refractivity contribution in [1.29, 1.82) is 0 Å². The van der Waals surface area contributed by atoms with Gasteiger partial charge >= 0.3 is 0 Å². The highest BCUT2D eigenvalue weighted by Gasteiger charge is 2.27. The maximum atomic E-state index is 14.8. The average molecular weight is 512 g/mol. The van der Waals surface area contributed by atoms with E-state index in [0.717, 1.165) is 43.1 Å². The van der Waals surface area contributed by atoms with Gasteiger partial charge in [-0.05, 0) is 61.8 Å². The number of nitrogens with one attached hydrogen (secondary N) is 2. The summed E-state index contributed by atoms with van der Waals surface area (Å²) in [4.78, 5) is 0. The van der Waals surface area contributed by atoms with Crippen LogP contribution in [0.3, 0.4) is 0 Å². The van der Waals surface area contributed by atoms with E-state index in [1.54, 1.807) is 6.07 Å². The minimum Gasteiger partial charge on any atom is -0.334 e. The standard InChI is InChI=1S/C24H21BrF2N6/c1-11(2)32-17-9-28-29-21(17)13-6-8-16(19(25)23(13)32)31-10-18-22(30-31)14-5-7-15(26)20(27)24(14)33(18)12(3)4/h5-12H,1-4H3,(H,28,29)/p+1. The SMILES string of the molecule is CC(C)n1c2c[n+](-c3ccc4c5[nH]ncc5n(C(C)C)c4c3Br)[nH]c2c2ccc(F)c(F)c21. The lowest BCUT2D eigenvalue weighted by Gasteiger charge is -2.12. The minimum absolute atomic E-state index is 0.0528. The number of benzene rings is 2. The molecular weight excluding hydrogens is 490 g/mol. The van der Waals surface area contributed by atoms with Crippen molar-refractivity contribution in [3.05, 3.63) is 52.8 Å². The summed E-state index contributed by atoms with van der Waals surface area (Å²) in [5, 5.41) is 12.5. The second-order valence-electron chi connectivity index (χ2n) is 8.98. The Bertz CT molecular complexity index is 1720. The van der Waals surface area contributed by atoms with E-state index in [4.69, 9.17) is 0 Å². The average Bonchev–Trinajstić information content (AvgIpc) is 3.49. The van der Waals surface area contributed by atoms with Gasteiger partial charge in [0.2, 0.25) is 6.20 Å². The Balaban J connectivity index is 1.66. The van der Waals surface area contributed by atoms with E-state index in [2.05, 4.69) is 55.7 Å². The minimum atomic E-state index is -0.842. The quantitative estimate of drug-likeness (QED) is 0.264. The van der Waals surface area contributed by atoms with Gasteiger partial charge in [0.1, 0.15) is 15.5 Å². The first kappa shape index (κ1) is 20.4. The van der Waals surface area contributed by atoms with Crippen LogP contribution in [0.1, 0.15) is 39.8 Å². The number of aromatic nitrogens is 6. The van der Waals surface area contributed by atoms with Crippen LogP contribution >= 0.6 is 15.9 Å². The predicted octanol–water partition coefficient (Wildman–Crippen LogP) is 6.43. The van der Waals surface area contributed by atoms with Gasteiger partial charge in [-0.25, -0.2) is 8.78 Å². The van der Waals surface area contributed by atoms with Crippen LogP contribution in [0, 0.1) is 11.6 Å². The van der Waals surface area contributed by atoms with Gasteiger partial charge in [-0.15, -0.1) is 0 Å². The zero-order valence-corrected chi connectivity index (χ0v) is 20.1. The summed E-state index contributed by atoms with van der Waals surface area (Å²) in [6.07, 6.45) is 3.79. The Kier molecular flexibility index (Phi) is 4.27. The van der Waals surface area contributed by atoms with Crippen molar-refractivity contribution in [2.75, 3.05) is 0 Å². The molecule has 0 fully saturated rings. The number of aromatic amines is 2. The number of nitrogens with zero attached hydrogens (tertiary/aromatic N) is 4. The van der Waals surface area contributed by atoms with Crippen LogP contribution in [0.2, 0.25) is 0 Å². The lowest BCUT2D eigenvalue weighted by atomic mass is 10.2. The summed E-state index contributed by atoms with van der Waals surface area (Å²) in [7, 11) is 0. The topological polar surface area (TPSA) is 58.2 Å². The van der Waals surface area contributed by atoms with Crippen LogP contribution in [0.15, 0.2) is 41.1 Å². The molecule has 0 radical (unpaired) electrons. The molecule has 0 aliphatic heterocycles. The van der Waals surface area contributed by atoms with Gasteiger partial charge in [-0.3, -0.25) is 5.10 Å². The van der Waals surface area contributed by atoms with Crippen LogP contribution < -0.4 is 4.68 Å². The lowest BCUT2D eigenvalue weighted by Crippen LogP contribution is -2.32. The molecule has 6 aromatic rings. The van der Waals surface area contributed by atoms with E-state index in [0.29, 0.717) is 5.39 Å². The summed E-state index contributed by atoms with van der Waals surface area (Å²) < 4.78 is 35.7. The van der Waals surface area contributed by atoms with E-state index in [1.165, 1.54) is 6.07 Å². The van der Waals surface area contributed by atoms with Gasteiger partial charge in [-0.1, -0.05) is 4.68 Å². The van der Waals surface area contributed by atoms with Crippen molar-refractivity contribution in [3.63, 3.8) is 0 Å². The van der Waals surface area contributed by atoms with Gasteiger partial charge in [0.15, 0.2) is 11.6 Å². The van der Waals surface area contributed by atoms with Crippen LogP contribution in [0.5, 0.6) is 0 Å². The monoisotopic (exact) mass is 511 g/mol. The lowest BCUT2D eigenvalue weighted by molar-refractivity contribution is -0.653. The summed E-state index contributed by atoms with van der Waals surface area (Å²) in [6, 6.07) is 7.11. The van der Waals surface area contributed by atoms with E-state index >= 15 is 0 Å². The zero-order valence-electron chi connectivity index (χ0n) is 18.5. The fourth-order valence-corrected chi connectivity index (χ4v) is 5.76. The number of H-pyrrole nitrogens is 2. The Labute approximate surface area is 195 Å². The third kappa shape index (κ3) is 2.62. The van der Waals surface area contributed by atoms with Crippen molar-refractivity contribution in [2.24, 2.45) is 0 Å². The molecule has 0 unspecified atom stereocenters. The van der Waals surface area contributed by atoms with E-state index in [-0.39, 0.29) is 17.6 Å². The van der Waals surface area contributed by atoms with Gasteiger partial charge in [0.05, 0.1) is 28.3 Å². The third-order valence-corrected chi connectivity index (χ3v) is 7.14. The van der Waals surface area contributed by atoms with Crippen molar-refractivity contribution in [2.45, 2.75) is 39.8 Å². The molecule has 0 aliphatic rings. The molecule has 168 valence electrons. The van der Waals surface area contributed by atoms with Gasteiger partial charge in [0, 0.05) is 28.9 Å². The summed E-state index contributed by atoms with van der Waals surface area (Å²) >= 11 is 3.85. The van der Waals surface area contributed by atoms with Crippen LogP contribution in [-0.2, 0) is 0 Å². The smallest absolute Gasteiger partial charge is 0.251 e. The molecule has 6 nitrogen and oxygen atoms in total. The zero-order chi connectivity index (χ0) is 23.2. The molecule has 2 N–H and O–H groups in total. The van der Waals surface area contributed by atoms with Gasteiger partial charge < -0.3 is 9.13 Å². The summed E-state index contributed by atoms with van der Waals surface area (Å²) in [6.45, 7) is 8.22. The third-order valence-electron chi connectivity index (χ3n) is 6.36. The fourth-order valence-electron chi connectivity index (χ4n) is 5.04. The summed E-state index contributed by atoms with van der Waals surface area (Å²) in [5.74, 6) is -1.66. The first-order chi connectivity index (χ1) is 15.8. The number of halogens is 3. The molecule has 6 rings (SSSR count). The predicted molar refractivity (Wildman–Crippen MR) is 129 cm³/mol. The second-order valence-corrected chi connectivity index (χ2v) is 9.77. The first-order valence-electron chi connectivity index (χ1n) is 10.9. The van der Waals surface area contributed by atoms with Crippen molar-refractivity contribution >= 4 is 59.8 Å². The highest BCUT2D eigenvalue weighted by molar-refractivity contribution is 9.10. The number of fused-ring (bicyclic) bond motifs is 6. The molecule has 33 heavy (non-hydrogen) atoms. The normalized spacial score (nSPS) is 12.6. The van der Waals surface area contributed by atoms with Crippen molar-refractivity contribution in [1.82, 2.24) is 24.4 Å². The second kappa shape index (κ2) is 6.90. The van der Waals surface area contributed by atoms with E-state index in [1.807, 2.05) is 41.6 Å². The maximum Gasteiger partial charge on any atom is 0.251 e. The Morgan fingerprint density at radius 3 is 2.30 bits per heavy atom. The Morgan fingerprint density at radius 2 is 1.58 bits per heavy atom. The molecule has 4 aromatic heterocycles. The highest BCUT2D eigenvalue weighted by atomic mass is 79.9. The fraction of sp³-hybridized carbons (Fsp3) is 0.250. The van der Waals surface area contributed by atoms with Crippen molar-refractivity contribution < 1.29 is 13.5 Å². The van der Waals surface area contributed by atoms with Gasteiger partial charge in [-0.2, -0.15) is 10.2 Å². The molecule has 0 saturated heterocycles. The summed E-state index contributed by atoms with van der Waals surface area (Å²) in [5.41, 5.74) is 5.90. The molecule has 0 atom stereocenters. The molecule has 2 aromatic carbocycles. The van der Waals surface area contributed by atoms with Crippen LogP contribution in [0.25, 0.3) is 49.6 Å². The molecule has 0 spiro atoms. The largest absolute Gasteiger partial charge is 0.334 e. The van der Waals surface area contributed by atoms with Crippen molar-refractivity contribution in [3.8, 4) is 5.69 Å². The maximum absolute atomic E-state index is 14.8. The van der Waals surface area contributed by atoms with E-state index < -0.39 is 11.6 Å². The Hall–Kier alpha value is -3.20. The number of hydrogen-bond donors (Lipinski definition) is 2. The molecule has 0 amide bonds. The molecular formula is C24H22BrF2N6+. The molecule has 0 saturated carbocycles. The molecule has 9 heteroatoms. The number of hydrogen-bond acceptors (Lipinski definition) is 1.